The lowest BCUT2D eigenvalue weighted by atomic mass is 10.0. The second-order valence-electron chi connectivity index (χ2n) is 12.5. The molecule has 10 nitrogen and oxygen atoms in total. The number of hydrogen-bond acceptors (Lipinski definition) is 8. The topological polar surface area (TPSA) is 113 Å². The summed E-state index contributed by atoms with van der Waals surface area (Å²) in [7, 11) is 0. The van der Waals surface area contributed by atoms with Crippen molar-refractivity contribution in [2.24, 2.45) is 9.98 Å². The quantitative estimate of drug-likeness (QED) is 0.101. The lowest BCUT2D eigenvalue weighted by Gasteiger charge is -2.12. The number of halogens is 2. The highest BCUT2D eigenvalue weighted by Crippen LogP contribution is 2.31. The fourth-order valence-electron chi connectivity index (χ4n) is 6.63. The Morgan fingerprint density at radius 1 is 0.585 bits per heavy atom. The number of imidazole rings is 2. The van der Waals surface area contributed by atoms with E-state index in [0.29, 0.717) is 30.7 Å². The molecule has 2 aliphatic heterocycles. The van der Waals surface area contributed by atoms with E-state index in [1.807, 2.05) is 106 Å². The molecule has 0 bridgehead atoms. The summed E-state index contributed by atoms with van der Waals surface area (Å²) in [6, 6.07) is 32.0. The number of unbranched alkanes of at least 4 members (excludes halogenated alkanes) is 2. The number of carbonyl (C=O) groups is 2. The van der Waals surface area contributed by atoms with Crippen molar-refractivity contribution in [1.82, 2.24) is 19.1 Å². The first kappa shape index (κ1) is 34.6. The van der Waals surface area contributed by atoms with Crippen LogP contribution < -0.4 is 0 Å². The van der Waals surface area contributed by atoms with Gasteiger partial charge in [-0.2, -0.15) is 0 Å². The van der Waals surface area contributed by atoms with E-state index in [2.05, 4.69) is 41.8 Å². The van der Waals surface area contributed by atoms with Gasteiger partial charge in [-0.15, -0.1) is 0 Å². The second kappa shape index (κ2) is 15.3. The number of esters is 2. The van der Waals surface area contributed by atoms with Crippen LogP contribution in [-0.2, 0) is 22.6 Å². The minimum absolute atomic E-state index is 0.215. The molecule has 0 atom stereocenters. The largest absolute Gasteiger partial charge is 0.461 e. The molecule has 2 aliphatic rings. The van der Waals surface area contributed by atoms with E-state index >= 15 is 0 Å². The highest BCUT2D eigenvalue weighted by Gasteiger charge is 2.27. The zero-order valence-corrected chi connectivity index (χ0v) is 31.6. The number of nitrogens with zero attached hydrogens (tertiary/aromatic N) is 6. The van der Waals surface area contributed by atoms with Crippen LogP contribution in [-0.4, -0.2) is 55.7 Å². The fraction of sp³-hybridized carbons (Fsp3) is 0.171. The van der Waals surface area contributed by atoms with Gasteiger partial charge in [0.1, 0.15) is 12.7 Å². The molecule has 4 heterocycles. The van der Waals surface area contributed by atoms with Gasteiger partial charge in [-0.25, -0.2) is 19.6 Å². The molecular weight excluding hydrogens is 800 g/mol. The smallest absolute Gasteiger partial charge is 0.358 e. The van der Waals surface area contributed by atoms with Gasteiger partial charge in [0.2, 0.25) is 0 Å². The number of ether oxygens (including phenoxy) is 2. The first-order valence-electron chi connectivity index (χ1n) is 17.2. The molecule has 0 saturated carbocycles. The predicted octanol–water partition coefficient (Wildman–Crippen LogP) is 8.47. The standard InChI is InChI=1S/C41H32Br2N6O4/c42-28-14-16-32-30(20-28)36(26-10-4-1-5-11-26)44-22-34-38(46-24-48(32)34)40(50)52-18-8-3-9-19-53-41(51)39-35-23-45-37(27-12-6-2-7-13-27)31-21-29(43)15-17-33(31)49(35)25-47-39/h1-2,4-7,10-17,20-21,24-25H,3,8-9,18-19,22-23H2. The summed E-state index contributed by atoms with van der Waals surface area (Å²) in [5.74, 6) is -0.982. The second-order valence-corrected chi connectivity index (χ2v) is 14.4. The Bertz CT molecular complexity index is 2230. The highest BCUT2D eigenvalue weighted by molar-refractivity contribution is 9.10. The van der Waals surface area contributed by atoms with Crippen LogP contribution in [0.3, 0.4) is 0 Å². The monoisotopic (exact) mass is 830 g/mol. The third-order valence-electron chi connectivity index (χ3n) is 9.19. The van der Waals surface area contributed by atoms with Gasteiger partial charge in [0.05, 0.1) is 60.5 Å². The van der Waals surface area contributed by atoms with Crippen molar-refractivity contribution in [2.45, 2.75) is 32.4 Å². The Kier molecular flexibility index (Phi) is 9.96. The van der Waals surface area contributed by atoms with Gasteiger partial charge in [0.25, 0.3) is 0 Å². The molecule has 0 aliphatic carbocycles. The van der Waals surface area contributed by atoms with Gasteiger partial charge in [0, 0.05) is 31.2 Å². The molecule has 0 N–H and O–H groups in total. The Labute approximate surface area is 322 Å². The average Bonchev–Trinajstić information content (AvgIpc) is 3.72. The summed E-state index contributed by atoms with van der Waals surface area (Å²) < 4.78 is 17.0. The summed E-state index contributed by atoms with van der Waals surface area (Å²) in [5.41, 5.74) is 9.18. The number of fused-ring (bicyclic) bond motifs is 6. The molecule has 53 heavy (non-hydrogen) atoms. The minimum Gasteiger partial charge on any atom is -0.461 e. The van der Waals surface area contributed by atoms with Gasteiger partial charge < -0.3 is 9.47 Å². The van der Waals surface area contributed by atoms with Crippen LogP contribution in [0.1, 0.15) is 73.9 Å². The highest BCUT2D eigenvalue weighted by atomic mass is 79.9. The van der Waals surface area contributed by atoms with Gasteiger partial charge in [0.15, 0.2) is 11.4 Å². The van der Waals surface area contributed by atoms with Crippen LogP contribution in [0.15, 0.2) is 129 Å². The summed E-state index contributed by atoms with van der Waals surface area (Å²) in [5, 5.41) is 0. The fourth-order valence-corrected chi connectivity index (χ4v) is 7.36. The lowest BCUT2D eigenvalue weighted by Crippen LogP contribution is -2.12. The average molecular weight is 833 g/mol. The van der Waals surface area contributed by atoms with Crippen LogP contribution >= 0.6 is 31.9 Å². The minimum atomic E-state index is -0.491. The number of aliphatic imine (C=N–C) groups is 2. The van der Waals surface area contributed by atoms with E-state index in [4.69, 9.17) is 19.5 Å². The zero-order chi connectivity index (χ0) is 36.3. The predicted molar refractivity (Wildman–Crippen MR) is 209 cm³/mol. The van der Waals surface area contributed by atoms with Crippen LogP contribution in [0.2, 0.25) is 0 Å². The van der Waals surface area contributed by atoms with Crippen molar-refractivity contribution < 1.29 is 19.1 Å². The van der Waals surface area contributed by atoms with Crippen LogP contribution in [0, 0.1) is 0 Å². The molecule has 0 radical (unpaired) electrons. The molecule has 264 valence electrons. The summed E-state index contributed by atoms with van der Waals surface area (Å²) in [6.07, 6.45) is 5.22. The maximum Gasteiger partial charge on any atom is 0.358 e. The molecule has 0 amide bonds. The summed E-state index contributed by atoms with van der Waals surface area (Å²) in [6.45, 7) is 0.980. The summed E-state index contributed by atoms with van der Waals surface area (Å²) in [4.78, 5) is 45.1. The van der Waals surface area contributed by atoms with Crippen molar-refractivity contribution in [3.63, 3.8) is 0 Å². The van der Waals surface area contributed by atoms with Crippen LogP contribution in [0.4, 0.5) is 0 Å². The molecule has 4 aromatic carbocycles. The number of carbonyl (C=O) groups excluding carboxylic acids is 2. The lowest BCUT2D eigenvalue weighted by molar-refractivity contribution is 0.0470. The number of rotatable bonds is 10. The zero-order valence-electron chi connectivity index (χ0n) is 28.4. The molecule has 2 aromatic heterocycles. The van der Waals surface area contributed by atoms with Crippen molar-refractivity contribution in [3.8, 4) is 11.4 Å². The van der Waals surface area contributed by atoms with Crippen LogP contribution in [0.25, 0.3) is 11.4 Å². The molecule has 8 rings (SSSR count). The molecule has 12 heteroatoms. The van der Waals surface area contributed by atoms with E-state index < -0.39 is 11.9 Å². The molecule has 0 saturated heterocycles. The normalized spacial score (nSPS) is 12.9. The first-order valence-corrected chi connectivity index (χ1v) is 18.8. The molecule has 0 unspecified atom stereocenters. The van der Waals surface area contributed by atoms with Crippen molar-refractivity contribution in [3.05, 3.63) is 164 Å². The van der Waals surface area contributed by atoms with E-state index in [-0.39, 0.29) is 37.7 Å². The Hall–Kier alpha value is -5.46. The number of hydrogen-bond donors (Lipinski definition) is 0. The SMILES string of the molecule is O=C(OCCCCCOC(=O)c1ncn2c1CN=C(c1ccccc1)c1cc(Br)ccc1-2)c1ncn2c1CN=C(c1ccccc1)c1cc(Br)ccc1-2. The van der Waals surface area contributed by atoms with Gasteiger partial charge in [-0.3, -0.25) is 19.1 Å². The number of benzene rings is 4. The van der Waals surface area contributed by atoms with Gasteiger partial charge >= 0.3 is 11.9 Å². The van der Waals surface area contributed by atoms with Crippen molar-refractivity contribution in [1.29, 1.82) is 0 Å². The molecule has 0 spiro atoms. The van der Waals surface area contributed by atoms with Gasteiger partial charge in [-0.05, 0) is 55.7 Å². The van der Waals surface area contributed by atoms with Crippen molar-refractivity contribution in [2.75, 3.05) is 13.2 Å². The number of aromatic nitrogens is 4. The first-order chi connectivity index (χ1) is 26.0. The van der Waals surface area contributed by atoms with Crippen molar-refractivity contribution >= 4 is 55.2 Å². The summed E-state index contributed by atoms with van der Waals surface area (Å²) >= 11 is 7.19. The Morgan fingerprint density at radius 2 is 1.02 bits per heavy atom. The van der Waals surface area contributed by atoms with E-state index in [1.165, 1.54) is 0 Å². The molecule has 0 fully saturated rings. The third-order valence-corrected chi connectivity index (χ3v) is 10.2. The molecular formula is C41H32Br2N6O4. The maximum absolute atomic E-state index is 13.2. The van der Waals surface area contributed by atoms with Gasteiger partial charge in [-0.1, -0.05) is 92.5 Å². The Morgan fingerprint density at radius 3 is 1.45 bits per heavy atom. The van der Waals surface area contributed by atoms with E-state index in [9.17, 15) is 9.59 Å². The Balaban J connectivity index is 0.865. The third kappa shape index (κ3) is 7.04. The maximum atomic E-state index is 13.2. The van der Waals surface area contributed by atoms with E-state index in [1.54, 1.807) is 12.7 Å². The van der Waals surface area contributed by atoms with Crippen LogP contribution in [0.5, 0.6) is 0 Å². The van der Waals surface area contributed by atoms with E-state index in [0.717, 1.165) is 54.0 Å². The molecule has 6 aromatic rings.